The molecule has 0 aromatic heterocycles. The number of carbonyl (C=O) groups excluding carboxylic acids is 1. The first-order valence-electron chi connectivity index (χ1n) is 7.01. The molecule has 0 spiro atoms. The average molecular weight is 346 g/mol. The fraction of sp³-hybridized carbons (Fsp3) is 0.533. The Morgan fingerprint density at radius 1 is 1.09 bits per heavy atom. The fourth-order valence-corrected chi connectivity index (χ4v) is 2.18. The second-order valence-electron chi connectivity index (χ2n) is 4.83. The molecule has 0 N–H and O–H groups in total. The molecule has 23 heavy (non-hydrogen) atoms. The maximum absolute atomic E-state index is 11.5. The zero-order valence-electron chi connectivity index (χ0n) is 13.5. The summed E-state index contributed by atoms with van der Waals surface area (Å²) in [5.74, 6) is -0.361. The molecule has 0 bridgehead atoms. The highest BCUT2D eigenvalue weighted by molar-refractivity contribution is 7.85. The van der Waals surface area contributed by atoms with Gasteiger partial charge in [0.05, 0.1) is 52.0 Å². The van der Waals surface area contributed by atoms with Crippen molar-refractivity contribution >= 4 is 16.1 Å². The van der Waals surface area contributed by atoms with Gasteiger partial charge in [0, 0.05) is 0 Å². The highest BCUT2D eigenvalue weighted by atomic mass is 32.2. The Morgan fingerprint density at radius 2 is 1.74 bits per heavy atom. The third-order valence-electron chi connectivity index (χ3n) is 2.86. The topological polar surface area (TPSA) is 88.1 Å². The maximum Gasteiger partial charge on any atom is 0.338 e. The monoisotopic (exact) mass is 346 g/mol. The summed E-state index contributed by atoms with van der Waals surface area (Å²) in [6, 6.07) is 5.38. The van der Waals surface area contributed by atoms with Gasteiger partial charge in [0.25, 0.3) is 10.1 Å². The van der Waals surface area contributed by atoms with E-state index < -0.39 is 10.1 Å². The van der Waals surface area contributed by atoms with E-state index in [9.17, 15) is 13.2 Å². The van der Waals surface area contributed by atoms with Crippen molar-refractivity contribution in [2.24, 2.45) is 0 Å². The van der Waals surface area contributed by atoms with Crippen LogP contribution in [0.2, 0.25) is 0 Å². The number of benzene rings is 1. The van der Waals surface area contributed by atoms with Crippen LogP contribution in [0, 0.1) is 6.92 Å². The SMILES string of the molecule is COC(=O)c1ccc(COCCOCCOS(C)(=O)=O)cc1C. The van der Waals surface area contributed by atoms with Crippen molar-refractivity contribution in [1.82, 2.24) is 0 Å². The highest BCUT2D eigenvalue weighted by Gasteiger charge is 2.09. The lowest BCUT2D eigenvalue weighted by Crippen LogP contribution is -2.12. The van der Waals surface area contributed by atoms with Crippen molar-refractivity contribution in [3.63, 3.8) is 0 Å². The Kier molecular flexibility index (Phi) is 8.18. The van der Waals surface area contributed by atoms with E-state index in [1.165, 1.54) is 7.11 Å². The summed E-state index contributed by atoms with van der Waals surface area (Å²) >= 11 is 0. The van der Waals surface area contributed by atoms with Crippen LogP contribution in [0.15, 0.2) is 18.2 Å². The molecule has 1 rings (SSSR count). The molecule has 0 amide bonds. The molecular formula is C15H22O7S. The lowest BCUT2D eigenvalue weighted by Gasteiger charge is -2.08. The molecule has 0 aliphatic heterocycles. The molecule has 0 saturated heterocycles. The van der Waals surface area contributed by atoms with Crippen LogP contribution in [0.25, 0.3) is 0 Å². The number of esters is 1. The van der Waals surface area contributed by atoms with Gasteiger partial charge in [-0.1, -0.05) is 12.1 Å². The molecule has 0 saturated carbocycles. The molecule has 0 heterocycles. The second-order valence-corrected chi connectivity index (χ2v) is 6.48. The Bertz CT molecular complexity index is 610. The van der Waals surface area contributed by atoms with Crippen molar-refractivity contribution < 1.29 is 31.6 Å². The third-order valence-corrected chi connectivity index (χ3v) is 3.46. The Hall–Kier alpha value is -1.48. The fourth-order valence-electron chi connectivity index (χ4n) is 1.81. The molecule has 1 aromatic carbocycles. The van der Waals surface area contributed by atoms with Gasteiger partial charge in [-0.2, -0.15) is 8.42 Å². The van der Waals surface area contributed by atoms with Crippen molar-refractivity contribution in [3.05, 3.63) is 34.9 Å². The van der Waals surface area contributed by atoms with E-state index in [1.54, 1.807) is 12.1 Å². The van der Waals surface area contributed by atoms with Gasteiger partial charge in [-0.15, -0.1) is 0 Å². The molecule has 0 radical (unpaired) electrons. The van der Waals surface area contributed by atoms with Crippen molar-refractivity contribution in [1.29, 1.82) is 0 Å². The summed E-state index contributed by atoms with van der Waals surface area (Å²) in [5.41, 5.74) is 2.30. The van der Waals surface area contributed by atoms with E-state index in [4.69, 9.17) is 9.47 Å². The smallest absolute Gasteiger partial charge is 0.338 e. The van der Waals surface area contributed by atoms with E-state index >= 15 is 0 Å². The Labute approximate surface area is 136 Å². The lowest BCUT2D eigenvalue weighted by atomic mass is 10.1. The van der Waals surface area contributed by atoms with Gasteiger partial charge in [0.15, 0.2) is 0 Å². The van der Waals surface area contributed by atoms with Gasteiger partial charge in [-0.25, -0.2) is 4.79 Å². The predicted octanol–water partition coefficient (Wildman–Crippen LogP) is 1.29. The first-order valence-corrected chi connectivity index (χ1v) is 8.83. The summed E-state index contributed by atoms with van der Waals surface area (Å²) in [6.07, 6.45) is 0.990. The van der Waals surface area contributed by atoms with Gasteiger partial charge in [0.2, 0.25) is 0 Å². The summed E-state index contributed by atoms with van der Waals surface area (Å²) < 4.78 is 41.3. The van der Waals surface area contributed by atoms with Crippen LogP contribution >= 0.6 is 0 Å². The molecule has 130 valence electrons. The van der Waals surface area contributed by atoms with Crippen LogP contribution in [0.5, 0.6) is 0 Å². The zero-order chi connectivity index (χ0) is 17.3. The van der Waals surface area contributed by atoms with Crippen LogP contribution in [-0.2, 0) is 35.1 Å². The minimum atomic E-state index is -3.42. The van der Waals surface area contributed by atoms with E-state index in [0.717, 1.165) is 17.4 Å². The number of carbonyl (C=O) groups is 1. The van der Waals surface area contributed by atoms with Crippen LogP contribution in [-0.4, -0.2) is 54.2 Å². The normalized spacial score (nSPS) is 11.4. The summed E-state index contributed by atoms with van der Waals surface area (Å²) in [4.78, 5) is 11.5. The standard InChI is InChI=1S/C15H22O7S/c1-12-10-13(4-5-14(12)15(16)19-2)11-21-7-6-20-8-9-22-23(3,17)18/h4-5,10H,6-9,11H2,1-3H3. The molecule has 0 unspecified atom stereocenters. The van der Waals surface area contributed by atoms with Crippen LogP contribution in [0.1, 0.15) is 21.5 Å². The number of ether oxygens (including phenoxy) is 3. The number of rotatable bonds is 10. The number of aryl methyl sites for hydroxylation is 1. The van der Waals surface area contributed by atoms with E-state index in [2.05, 4.69) is 8.92 Å². The number of hydrogen-bond donors (Lipinski definition) is 0. The second kappa shape index (κ2) is 9.61. The summed E-state index contributed by atoms with van der Waals surface area (Å²) in [7, 11) is -2.07. The zero-order valence-corrected chi connectivity index (χ0v) is 14.4. The van der Waals surface area contributed by atoms with Crippen LogP contribution in [0.3, 0.4) is 0 Å². The molecule has 0 fully saturated rings. The molecule has 0 atom stereocenters. The average Bonchev–Trinajstić information content (AvgIpc) is 2.48. The van der Waals surface area contributed by atoms with E-state index in [1.807, 2.05) is 13.0 Å². The Balaban J connectivity index is 2.21. The maximum atomic E-state index is 11.5. The van der Waals surface area contributed by atoms with Crippen molar-refractivity contribution in [2.45, 2.75) is 13.5 Å². The van der Waals surface area contributed by atoms with Gasteiger partial charge in [-0.05, 0) is 24.1 Å². The van der Waals surface area contributed by atoms with Crippen molar-refractivity contribution in [2.75, 3.05) is 39.8 Å². The summed E-state index contributed by atoms with van der Waals surface area (Å²) in [6.45, 7) is 3.12. The minimum absolute atomic E-state index is 0.00693. The first kappa shape index (κ1) is 19.6. The minimum Gasteiger partial charge on any atom is -0.465 e. The van der Waals surface area contributed by atoms with Crippen molar-refractivity contribution in [3.8, 4) is 0 Å². The molecule has 1 aromatic rings. The van der Waals surface area contributed by atoms with Gasteiger partial charge >= 0.3 is 5.97 Å². The number of hydrogen-bond acceptors (Lipinski definition) is 7. The molecule has 8 heteroatoms. The van der Waals surface area contributed by atoms with Crippen LogP contribution in [0.4, 0.5) is 0 Å². The van der Waals surface area contributed by atoms with E-state index in [-0.39, 0.29) is 19.2 Å². The molecule has 0 aliphatic carbocycles. The largest absolute Gasteiger partial charge is 0.465 e. The van der Waals surface area contributed by atoms with Crippen LogP contribution < -0.4 is 0 Å². The summed E-state index contributed by atoms with van der Waals surface area (Å²) in [5, 5.41) is 0. The quantitative estimate of drug-likeness (QED) is 0.358. The third kappa shape index (κ3) is 8.08. The molecule has 7 nitrogen and oxygen atoms in total. The lowest BCUT2D eigenvalue weighted by molar-refractivity contribution is 0.0311. The predicted molar refractivity (Wildman–Crippen MR) is 83.8 cm³/mol. The van der Waals surface area contributed by atoms with Gasteiger partial charge < -0.3 is 14.2 Å². The van der Waals surface area contributed by atoms with Gasteiger partial charge in [-0.3, -0.25) is 4.18 Å². The first-order chi connectivity index (χ1) is 10.8. The van der Waals surface area contributed by atoms with E-state index in [0.29, 0.717) is 25.4 Å². The highest BCUT2D eigenvalue weighted by Crippen LogP contribution is 2.13. The Morgan fingerprint density at radius 3 is 2.35 bits per heavy atom. The molecular weight excluding hydrogens is 324 g/mol. The molecule has 0 aliphatic rings. The van der Waals surface area contributed by atoms with Gasteiger partial charge in [0.1, 0.15) is 0 Å². The number of methoxy groups -OCH3 is 1.